The van der Waals surface area contributed by atoms with Gasteiger partial charge in [0.15, 0.2) is 11.4 Å². The zero-order valence-electron chi connectivity index (χ0n) is 31.7. The predicted octanol–water partition coefficient (Wildman–Crippen LogP) is 9.10. The van der Waals surface area contributed by atoms with Crippen molar-refractivity contribution in [3.05, 3.63) is 114 Å². The molecule has 12 nitrogen and oxygen atoms in total. The fourth-order valence-corrected chi connectivity index (χ4v) is 7.75. The van der Waals surface area contributed by atoms with Gasteiger partial charge >= 0.3 is 13.9 Å². The Hall–Kier alpha value is -4.16. The molecule has 13 heteroatoms. The lowest BCUT2D eigenvalue weighted by Gasteiger charge is -2.37. The number of benzene rings is 3. The number of amides is 2. The van der Waals surface area contributed by atoms with Crippen LogP contribution >= 0.6 is 7.82 Å². The Labute approximate surface area is 310 Å². The molecule has 1 aliphatic rings. The molecule has 0 bridgehead atoms. The van der Waals surface area contributed by atoms with Crippen LogP contribution in [0.2, 0.25) is 0 Å². The molecule has 3 atom stereocenters. The van der Waals surface area contributed by atoms with Gasteiger partial charge in [0.1, 0.15) is 30.0 Å². The number of rotatable bonds is 13. The third-order valence-corrected chi connectivity index (χ3v) is 10.3. The number of phosphoric ester groups is 1. The highest BCUT2D eigenvalue weighted by atomic mass is 31.2. The van der Waals surface area contributed by atoms with E-state index in [1.165, 1.54) is 13.0 Å². The highest BCUT2D eigenvalue weighted by Gasteiger charge is 2.57. The molecule has 0 radical (unpaired) electrons. The minimum absolute atomic E-state index is 0.0597. The Balaban J connectivity index is 1.45. The number of cyclic esters (lactones) is 1. The number of aliphatic hydroxyl groups is 1. The summed E-state index contributed by atoms with van der Waals surface area (Å²) in [5.41, 5.74) is -1.64. The molecule has 1 N–H and O–H groups in total. The molecule has 284 valence electrons. The van der Waals surface area contributed by atoms with Gasteiger partial charge in [0.25, 0.3) is 5.91 Å². The molecule has 2 amide bonds. The van der Waals surface area contributed by atoms with Crippen LogP contribution in [0.15, 0.2) is 95.5 Å². The normalized spacial score (nSPS) is 18.0. The summed E-state index contributed by atoms with van der Waals surface area (Å²) >= 11 is 0. The van der Waals surface area contributed by atoms with Gasteiger partial charge in [0.2, 0.25) is 0 Å². The second-order valence-electron chi connectivity index (χ2n) is 15.7. The summed E-state index contributed by atoms with van der Waals surface area (Å²) in [5.74, 6) is -0.790. The molecule has 0 unspecified atom stereocenters. The van der Waals surface area contributed by atoms with Crippen molar-refractivity contribution in [2.24, 2.45) is 0 Å². The van der Waals surface area contributed by atoms with E-state index in [2.05, 4.69) is 5.16 Å². The first kappa shape index (κ1) is 40.0. The standard InChI is InChI=1S/C40H49N2O10P/c1-37(2,3)51-53(46,52-38(4,5)6)48-26-31-24-32(41-50-31)34(43)40(9,47-25-27-20-22-29(23-21-27)28-16-12-10-13-17-28)35(44)42-33(30-18-14-11-15-19-30)39(7,8)49-36(42)45/h10-24,33-34,43H,25-26H2,1-9H3/t33-,34-,40-/m0/s1. The van der Waals surface area contributed by atoms with E-state index in [1.807, 2.05) is 60.7 Å². The molecule has 1 saturated heterocycles. The molecule has 53 heavy (non-hydrogen) atoms. The SMILES string of the molecule is CC(C)(C)OP(=O)(OCc1cc([C@H](O)[C@](C)(OCc2ccc(-c3ccccc3)cc2)C(=O)N2C(=O)OC(C)(C)[C@@H]2c2ccccc2)no1)OC(C)(C)C. The van der Waals surface area contributed by atoms with Crippen molar-refractivity contribution in [1.29, 1.82) is 0 Å². The maximum atomic E-state index is 14.7. The number of ether oxygens (including phenoxy) is 2. The number of carbonyl (C=O) groups is 2. The van der Waals surface area contributed by atoms with Gasteiger partial charge in [-0.3, -0.25) is 18.4 Å². The van der Waals surface area contributed by atoms with Gasteiger partial charge in [-0.1, -0.05) is 90.1 Å². The topological polar surface area (TPSA) is 147 Å². The Kier molecular flexibility index (Phi) is 11.6. The Morgan fingerprint density at radius 2 is 1.42 bits per heavy atom. The second-order valence-corrected chi connectivity index (χ2v) is 17.2. The van der Waals surface area contributed by atoms with Crippen LogP contribution in [0.1, 0.15) is 97.0 Å². The van der Waals surface area contributed by atoms with Crippen molar-refractivity contribution in [3.63, 3.8) is 0 Å². The van der Waals surface area contributed by atoms with Gasteiger partial charge in [-0.05, 0) is 84.6 Å². The summed E-state index contributed by atoms with van der Waals surface area (Å²) < 4.78 is 48.2. The lowest BCUT2D eigenvalue weighted by molar-refractivity contribution is -0.175. The van der Waals surface area contributed by atoms with Gasteiger partial charge < -0.3 is 19.1 Å². The number of hydrogen-bond acceptors (Lipinski definition) is 11. The van der Waals surface area contributed by atoms with Crippen molar-refractivity contribution in [2.45, 2.75) is 110 Å². The van der Waals surface area contributed by atoms with Gasteiger partial charge in [-0.25, -0.2) is 14.3 Å². The number of aliphatic hydroxyl groups excluding tert-OH is 1. The quantitative estimate of drug-likeness (QED) is 0.131. The van der Waals surface area contributed by atoms with Crippen molar-refractivity contribution in [2.75, 3.05) is 0 Å². The summed E-state index contributed by atoms with van der Waals surface area (Å²) in [4.78, 5) is 29.2. The average molecular weight is 749 g/mol. The Morgan fingerprint density at radius 1 is 0.868 bits per heavy atom. The number of hydrogen-bond donors (Lipinski definition) is 1. The third kappa shape index (κ3) is 9.69. The van der Waals surface area contributed by atoms with Crippen LogP contribution in [0.5, 0.6) is 0 Å². The van der Waals surface area contributed by atoms with E-state index < -0.39 is 61.0 Å². The minimum Gasteiger partial charge on any atom is -0.440 e. The van der Waals surface area contributed by atoms with E-state index in [9.17, 15) is 19.3 Å². The van der Waals surface area contributed by atoms with Gasteiger partial charge in [0.05, 0.1) is 17.8 Å². The van der Waals surface area contributed by atoms with E-state index in [1.54, 1.807) is 79.7 Å². The first-order chi connectivity index (χ1) is 24.7. The maximum Gasteiger partial charge on any atom is 0.476 e. The van der Waals surface area contributed by atoms with E-state index in [-0.39, 0.29) is 18.1 Å². The number of aromatic nitrogens is 1. The molecular weight excluding hydrogens is 699 g/mol. The highest BCUT2D eigenvalue weighted by molar-refractivity contribution is 7.48. The van der Waals surface area contributed by atoms with Crippen molar-refractivity contribution < 1.29 is 46.8 Å². The Bertz CT molecular complexity index is 1900. The molecule has 4 aromatic rings. The fourth-order valence-electron chi connectivity index (χ4n) is 5.98. The van der Waals surface area contributed by atoms with E-state index >= 15 is 0 Å². The summed E-state index contributed by atoms with van der Waals surface area (Å²) in [6, 6.07) is 27.0. The van der Waals surface area contributed by atoms with Crippen molar-refractivity contribution >= 4 is 19.8 Å². The molecule has 1 aliphatic heterocycles. The predicted molar refractivity (Wildman–Crippen MR) is 197 cm³/mol. The molecule has 0 saturated carbocycles. The molecule has 3 aromatic carbocycles. The fraction of sp³-hybridized carbons (Fsp3) is 0.425. The van der Waals surface area contributed by atoms with Crippen molar-refractivity contribution in [3.8, 4) is 11.1 Å². The van der Waals surface area contributed by atoms with Gasteiger partial charge in [-0.2, -0.15) is 0 Å². The maximum absolute atomic E-state index is 14.7. The highest BCUT2D eigenvalue weighted by Crippen LogP contribution is 2.56. The summed E-state index contributed by atoms with van der Waals surface area (Å²) in [6.07, 6.45) is -2.64. The van der Waals surface area contributed by atoms with Gasteiger partial charge in [-0.15, -0.1) is 0 Å². The van der Waals surface area contributed by atoms with Crippen LogP contribution in [0.4, 0.5) is 4.79 Å². The summed E-state index contributed by atoms with van der Waals surface area (Å²) in [6.45, 7) is 14.6. The van der Waals surface area contributed by atoms with E-state index in [0.29, 0.717) is 11.1 Å². The lowest BCUT2D eigenvalue weighted by atomic mass is 9.88. The molecular formula is C40H49N2O10P. The zero-order valence-corrected chi connectivity index (χ0v) is 32.6. The summed E-state index contributed by atoms with van der Waals surface area (Å²) in [5, 5.41) is 16.0. The van der Waals surface area contributed by atoms with Crippen LogP contribution in [0.3, 0.4) is 0 Å². The molecule has 0 spiro atoms. The third-order valence-electron chi connectivity index (χ3n) is 8.34. The van der Waals surface area contributed by atoms with Crippen LogP contribution in [0, 0.1) is 0 Å². The van der Waals surface area contributed by atoms with Crippen LogP contribution in [0.25, 0.3) is 11.1 Å². The smallest absolute Gasteiger partial charge is 0.440 e. The molecule has 1 fully saturated rings. The minimum atomic E-state index is -4.12. The van der Waals surface area contributed by atoms with E-state index in [0.717, 1.165) is 16.0 Å². The van der Waals surface area contributed by atoms with Crippen LogP contribution in [-0.4, -0.2) is 49.6 Å². The number of imide groups is 1. The second kappa shape index (κ2) is 15.3. The Morgan fingerprint density at radius 3 is 1.98 bits per heavy atom. The van der Waals surface area contributed by atoms with E-state index in [4.69, 9.17) is 27.6 Å². The molecule has 5 rings (SSSR count). The first-order valence-corrected chi connectivity index (χ1v) is 18.9. The number of phosphoric acid groups is 1. The largest absolute Gasteiger partial charge is 0.476 e. The zero-order chi connectivity index (χ0) is 38.8. The monoisotopic (exact) mass is 748 g/mol. The number of carbonyl (C=O) groups excluding carboxylic acids is 2. The van der Waals surface area contributed by atoms with Crippen LogP contribution < -0.4 is 0 Å². The van der Waals surface area contributed by atoms with Crippen molar-refractivity contribution in [1.82, 2.24) is 10.1 Å². The lowest BCUT2D eigenvalue weighted by Crippen LogP contribution is -2.54. The molecule has 0 aliphatic carbocycles. The molecule has 2 heterocycles. The average Bonchev–Trinajstić information content (AvgIpc) is 3.65. The molecule has 1 aromatic heterocycles. The van der Waals surface area contributed by atoms with Crippen LogP contribution in [-0.2, 0) is 45.6 Å². The van der Waals surface area contributed by atoms with Gasteiger partial charge in [0, 0.05) is 6.07 Å². The number of nitrogens with zero attached hydrogens (tertiary/aromatic N) is 2. The first-order valence-electron chi connectivity index (χ1n) is 17.4. The summed E-state index contributed by atoms with van der Waals surface area (Å²) in [7, 11) is -4.12.